The van der Waals surface area contributed by atoms with Crippen LogP contribution in [0.5, 0.6) is 5.75 Å². The summed E-state index contributed by atoms with van der Waals surface area (Å²) in [6.07, 6.45) is 5.21. The van der Waals surface area contributed by atoms with E-state index < -0.39 is 36.4 Å². The molecule has 1 aromatic carbocycles. The second-order valence-corrected chi connectivity index (χ2v) is 11.4. The van der Waals surface area contributed by atoms with Crippen LogP contribution in [0, 0.1) is 12.4 Å². The van der Waals surface area contributed by atoms with Crippen LogP contribution in [0.3, 0.4) is 0 Å². The van der Waals surface area contributed by atoms with Gasteiger partial charge < -0.3 is 20.5 Å². The minimum atomic E-state index is -3.00. The fourth-order valence-electron chi connectivity index (χ4n) is 5.52. The maximum absolute atomic E-state index is 15.6. The lowest BCUT2D eigenvalue weighted by Gasteiger charge is -2.48. The highest BCUT2D eigenvalue weighted by atomic mass is 19.1. The molecular formula is C27H35FN10O3. The highest BCUT2D eigenvalue weighted by Crippen LogP contribution is 2.39. The van der Waals surface area contributed by atoms with Gasteiger partial charge in [0, 0.05) is 41.0 Å². The summed E-state index contributed by atoms with van der Waals surface area (Å²) in [6.45, 7) is 9.54. The summed E-state index contributed by atoms with van der Waals surface area (Å²) >= 11 is 0. The van der Waals surface area contributed by atoms with E-state index in [-0.39, 0.29) is 45.1 Å². The van der Waals surface area contributed by atoms with Crippen molar-refractivity contribution in [2.24, 2.45) is 6.98 Å². The van der Waals surface area contributed by atoms with E-state index in [1.807, 2.05) is 0 Å². The third-order valence-corrected chi connectivity index (χ3v) is 7.20. The summed E-state index contributed by atoms with van der Waals surface area (Å²) in [6, 6.07) is 2.20. The molecule has 0 bridgehead atoms. The van der Waals surface area contributed by atoms with Crippen molar-refractivity contribution in [1.29, 1.82) is 0 Å². The van der Waals surface area contributed by atoms with Crippen LogP contribution in [0.2, 0.25) is 0 Å². The average molecular weight is 572 g/mol. The van der Waals surface area contributed by atoms with Gasteiger partial charge in [0.1, 0.15) is 23.8 Å². The first-order valence-electron chi connectivity index (χ1n) is 15.7. The molecule has 4 heterocycles. The average Bonchev–Trinajstić information content (AvgIpc) is 3.56. The molecule has 3 N–H and O–H groups in total. The molecule has 0 radical (unpaired) electrons. The third kappa shape index (κ3) is 6.01. The van der Waals surface area contributed by atoms with Gasteiger partial charge in [-0.15, -0.1) is 0 Å². The van der Waals surface area contributed by atoms with Crippen molar-refractivity contribution >= 4 is 23.1 Å². The second-order valence-electron chi connectivity index (χ2n) is 11.4. The Morgan fingerprint density at radius 2 is 2.20 bits per heavy atom. The number of anilines is 3. The van der Waals surface area contributed by atoms with Crippen LogP contribution in [-0.4, -0.2) is 76.1 Å². The molecule has 2 aromatic heterocycles. The van der Waals surface area contributed by atoms with Crippen LogP contribution in [0.1, 0.15) is 60.2 Å². The zero-order valence-electron chi connectivity index (χ0n) is 28.1. The number of hydrogen-bond donors (Lipinski definition) is 3. The van der Waals surface area contributed by atoms with Gasteiger partial charge in [0.15, 0.2) is 5.82 Å². The molecular weight excluding hydrogens is 531 g/mol. The van der Waals surface area contributed by atoms with Gasteiger partial charge >= 0.3 is 5.69 Å². The van der Waals surface area contributed by atoms with E-state index >= 15 is 4.39 Å². The molecule has 5 rings (SSSR count). The summed E-state index contributed by atoms with van der Waals surface area (Å²) < 4.78 is 60.4. The van der Waals surface area contributed by atoms with E-state index in [9.17, 15) is 9.90 Å². The Kier molecular flexibility index (Phi) is 5.90. The number of halogens is 1. The van der Waals surface area contributed by atoms with Gasteiger partial charge in [0.05, 0.1) is 20.6 Å². The third-order valence-electron chi connectivity index (χ3n) is 7.20. The topological polar surface area (TPSA) is 140 Å². The largest absolute Gasteiger partial charge is 0.488 e. The molecule has 218 valence electrons. The van der Waals surface area contributed by atoms with Crippen molar-refractivity contribution in [2.45, 2.75) is 76.6 Å². The summed E-state index contributed by atoms with van der Waals surface area (Å²) in [4.78, 5) is 27.6. The molecule has 2 aliphatic rings. The van der Waals surface area contributed by atoms with Crippen LogP contribution < -0.4 is 21.1 Å². The highest BCUT2D eigenvalue weighted by molar-refractivity contribution is 5.69. The lowest BCUT2D eigenvalue weighted by molar-refractivity contribution is 0.0283. The molecule has 2 atom stereocenters. The zero-order valence-corrected chi connectivity index (χ0v) is 23.1. The summed E-state index contributed by atoms with van der Waals surface area (Å²) in [7, 11) is 0. The van der Waals surface area contributed by atoms with Gasteiger partial charge in [0.25, 0.3) is 0 Å². The van der Waals surface area contributed by atoms with Crippen molar-refractivity contribution in [2.75, 3.05) is 23.7 Å². The quantitative estimate of drug-likeness (QED) is 0.346. The normalized spacial score (nSPS) is 22.8. The number of nitrogens with zero attached hydrogens (tertiary/aromatic N) is 8. The van der Waals surface area contributed by atoms with Crippen molar-refractivity contribution in [3.63, 3.8) is 0 Å². The number of nitrogens with one attached hydrogen (secondary N) is 2. The molecule has 0 spiro atoms. The number of fused-ring (bicyclic) bond motifs is 1. The summed E-state index contributed by atoms with van der Waals surface area (Å²) in [5.74, 6) is -1.42. The predicted molar refractivity (Wildman–Crippen MR) is 150 cm³/mol. The van der Waals surface area contributed by atoms with Gasteiger partial charge in [-0.1, -0.05) is 0 Å². The monoisotopic (exact) mass is 571 g/mol. The Morgan fingerprint density at radius 1 is 1.39 bits per heavy atom. The van der Waals surface area contributed by atoms with Gasteiger partial charge in [-0.3, -0.25) is 4.90 Å². The fraction of sp³-hybridized carbons (Fsp3) is 0.556. The fourth-order valence-corrected chi connectivity index (χ4v) is 5.52. The Labute approximate surface area is 244 Å². The first-order chi connectivity index (χ1) is 21.3. The number of hydrogen-bond acceptors (Lipinski definition) is 10. The first-order valence-corrected chi connectivity index (χ1v) is 13.2. The molecule has 0 aliphatic carbocycles. The molecule has 14 heteroatoms. The minimum Gasteiger partial charge on any atom is -0.488 e. The molecule has 3 aromatic rings. The number of tetrazole rings is 1. The Balaban J connectivity index is 1.51. The van der Waals surface area contributed by atoms with E-state index in [0.717, 1.165) is 58.2 Å². The Morgan fingerprint density at radius 3 is 2.90 bits per heavy atom. The molecule has 41 heavy (non-hydrogen) atoms. The Hall–Kier alpha value is -4.09. The number of aliphatic hydroxyl groups is 1. The first kappa shape index (κ1) is 22.6. The smallest absolute Gasteiger partial charge is 0.368 e. The summed E-state index contributed by atoms with van der Waals surface area (Å²) in [5.41, 5.74) is -3.91. The Bertz CT molecular complexity index is 1730. The maximum Gasteiger partial charge on any atom is 0.368 e. The predicted octanol–water partition coefficient (Wildman–Crippen LogP) is 3.16. The molecule has 0 amide bonds. The van der Waals surface area contributed by atoms with Crippen LogP contribution in [0.15, 0.2) is 23.1 Å². The van der Waals surface area contributed by atoms with Gasteiger partial charge in [0.2, 0.25) is 11.6 Å². The van der Waals surface area contributed by atoms with Crippen molar-refractivity contribution in [3.05, 3.63) is 46.0 Å². The highest BCUT2D eigenvalue weighted by Gasteiger charge is 2.43. The van der Waals surface area contributed by atoms with Crippen molar-refractivity contribution in [3.8, 4) is 11.4 Å². The van der Waals surface area contributed by atoms with Crippen molar-refractivity contribution in [1.82, 2.24) is 34.7 Å². The number of aryl methyl sites for hydroxylation is 1. The number of aromatic nitrogens is 6. The zero-order chi connectivity index (χ0) is 33.8. The van der Waals surface area contributed by atoms with E-state index in [4.69, 9.17) is 18.2 Å². The SMILES string of the molecule is [2H]C([2H])([2H])n1nnn(-c2cc(Nc3ncc([N+]#[C-])c(N[C@@H]4C[C@@H]5CCCN5C(C)(C)C4)n3)c(F)cc2OC([2H])([2H])C(C)(C)O)c1=O. The molecule has 13 nitrogen and oxygen atoms in total. The van der Waals surface area contributed by atoms with E-state index in [1.165, 1.54) is 6.20 Å². The van der Waals surface area contributed by atoms with Gasteiger partial charge in [-0.05, 0) is 76.4 Å². The van der Waals surface area contributed by atoms with E-state index in [1.54, 1.807) is 0 Å². The van der Waals surface area contributed by atoms with Crippen molar-refractivity contribution < 1.29 is 21.1 Å². The lowest BCUT2D eigenvalue weighted by Crippen LogP contribution is -2.55. The molecule has 2 saturated heterocycles. The van der Waals surface area contributed by atoms with Gasteiger partial charge in [-0.2, -0.15) is 9.36 Å². The number of benzene rings is 1. The second kappa shape index (κ2) is 10.7. The van der Waals surface area contributed by atoms with E-state index in [2.05, 4.69) is 54.6 Å². The van der Waals surface area contributed by atoms with E-state index in [0.29, 0.717) is 10.7 Å². The number of piperidine rings is 1. The van der Waals surface area contributed by atoms with Gasteiger partial charge in [-0.25, -0.2) is 24.0 Å². The number of ether oxygens (including phenoxy) is 1. The molecule has 0 unspecified atom stereocenters. The number of rotatable bonds is 8. The lowest BCUT2D eigenvalue weighted by atomic mass is 9.84. The van der Waals surface area contributed by atoms with Crippen LogP contribution >= 0.6 is 0 Å². The molecule has 2 aliphatic heterocycles. The molecule has 2 fully saturated rings. The molecule has 0 saturated carbocycles. The van der Waals surface area contributed by atoms with Crippen LogP contribution in [0.25, 0.3) is 10.5 Å². The minimum absolute atomic E-state index is 0.0240. The summed E-state index contributed by atoms with van der Waals surface area (Å²) in [5, 5.41) is 23.4. The standard InChI is InChI=1S/C27H35FN10O3/c1-26(2)13-16(10-17-8-7-9-37(17)26)31-23-20(29-5)14-30-24(33-23)32-19-12-21(38-25(39)36(6)34-35-38)22(11-18(19)28)41-15-27(3,4)40/h11-12,14,16-17,40H,7-10,13,15H2,1-4,6H3,(H2,30,31,32,33)/t16-,17+/m1/s1/i6D3,15D2. The van der Waals surface area contributed by atoms with Crippen LogP contribution in [-0.2, 0) is 6.98 Å². The maximum atomic E-state index is 15.6. The van der Waals surface area contributed by atoms with Crippen LogP contribution in [0.4, 0.5) is 27.5 Å².